The van der Waals surface area contributed by atoms with E-state index in [2.05, 4.69) is 14.7 Å². The van der Waals surface area contributed by atoms with Crippen molar-refractivity contribution in [1.29, 1.82) is 0 Å². The fourth-order valence-electron chi connectivity index (χ4n) is 3.82. The van der Waals surface area contributed by atoms with Gasteiger partial charge in [0.05, 0.1) is 4.90 Å². The number of amides is 1. The van der Waals surface area contributed by atoms with Crippen LogP contribution in [0.3, 0.4) is 0 Å². The van der Waals surface area contributed by atoms with E-state index < -0.39 is 10.0 Å². The van der Waals surface area contributed by atoms with Crippen molar-refractivity contribution in [3.8, 4) is 0 Å². The second-order valence-corrected chi connectivity index (χ2v) is 10.2. The Balaban J connectivity index is 1.49. The molecular weight excluding hydrogens is 432 g/mol. The summed E-state index contributed by atoms with van der Waals surface area (Å²) < 4.78 is 27.5. The third kappa shape index (κ3) is 5.11. The van der Waals surface area contributed by atoms with E-state index in [9.17, 15) is 13.2 Å². The first-order valence-electron chi connectivity index (χ1n) is 10.2. The average molecular weight is 457 g/mol. The highest BCUT2D eigenvalue weighted by Crippen LogP contribution is 2.24. The molecule has 1 unspecified atom stereocenters. The van der Waals surface area contributed by atoms with Gasteiger partial charge in [-0.2, -0.15) is 0 Å². The molecule has 3 heterocycles. The van der Waals surface area contributed by atoms with Gasteiger partial charge in [-0.1, -0.05) is 6.07 Å². The number of piperidine rings is 1. The number of anilines is 1. The molecule has 1 saturated heterocycles. The van der Waals surface area contributed by atoms with Crippen molar-refractivity contribution in [3.05, 3.63) is 71.0 Å². The molecule has 1 N–H and O–H groups in total. The van der Waals surface area contributed by atoms with Gasteiger partial charge in [0.2, 0.25) is 0 Å². The zero-order chi connectivity index (χ0) is 21.8. The molecule has 1 atom stereocenters. The Labute approximate surface area is 186 Å². The lowest BCUT2D eigenvalue weighted by molar-refractivity contribution is 0.0612. The molecular formula is C22H24N4O3S2. The van der Waals surface area contributed by atoms with Crippen molar-refractivity contribution >= 4 is 32.4 Å². The summed E-state index contributed by atoms with van der Waals surface area (Å²) in [6.45, 7) is 2.66. The maximum absolute atomic E-state index is 13.2. The minimum Gasteiger partial charge on any atom is -0.335 e. The minimum absolute atomic E-state index is 0.0748. The molecule has 1 aliphatic heterocycles. The van der Waals surface area contributed by atoms with Gasteiger partial charge in [-0.15, -0.1) is 11.3 Å². The maximum atomic E-state index is 13.2. The quantitative estimate of drug-likeness (QED) is 0.608. The molecule has 9 heteroatoms. The summed E-state index contributed by atoms with van der Waals surface area (Å²) in [6, 6.07) is 12.1. The fourth-order valence-corrected chi connectivity index (χ4v) is 5.61. The number of aryl methyl sites for hydroxylation is 1. The number of pyridine rings is 1. The number of carbonyl (C=O) groups is 1. The number of nitrogens with one attached hydrogen (secondary N) is 1. The third-order valence-corrected chi connectivity index (χ3v) is 7.52. The zero-order valence-electron chi connectivity index (χ0n) is 17.2. The number of rotatable bonds is 6. The minimum atomic E-state index is -3.74. The van der Waals surface area contributed by atoms with E-state index in [-0.39, 0.29) is 16.8 Å². The molecule has 3 aromatic rings. The molecule has 0 saturated carbocycles. The van der Waals surface area contributed by atoms with Crippen LogP contribution >= 0.6 is 11.3 Å². The number of benzene rings is 1. The van der Waals surface area contributed by atoms with Crippen LogP contribution in [0, 0.1) is 6.92 Å². The number of hydrogen-bond donors (Lipinski definition) is 1. The summed E-state index contributed by atoms with van der Waals surface area (Å²) in [5.41, 5.74) is 2.44. The third-order valence-electron chi connectivity index (χ3n) is 5.34. The molecule has 0 radical (unpaired) electrons. The second kappa shape index (κ2) is 9.15. The van der Waals surface area contributed by atoms with E-state index in [4.69, 9.17) is 0 Å². The van der Waals surface area contributed by atoms with Crippen LogP contribution in [-0.4, -0.2) is 41.8 Å². The summed E-state index contributed by atoms with van der Waals surface area (Å²) >= 11 is 1.21. The topological polar surface area (TPSA) is 92.3 Å². The van der Waals surface area contributed by atoms with E-state index >= 15 is 0 Å². The van der Waals surface area contributed by atoms with Crippen molar-refractivity contribution in [2.75, 3.05) is 11.3 Å². The van der Waals surface area contributed by atoms with Crippen LogP contribution in [0.2, 0.25) is 0 Å². The largest absolute Gasteiger partial charge is 0.335 e. The molecule has 0 aliphatic carbocycles. The molecule has 162 valence electrons. The maximum Gasteiger partial charge on any atom is 0.263 e. The number of nitrogens with zero attached hydrogens (tertiary/aromatic N) is 3. The van der Waals surface area contributed by atoms with E-state index in [0.29, 0.717) is 17.2 Å². The molecule has 2 aromatic heterocycles. The van der Waals surface area contributed by atoms with E-state index in [0.717, 1.165) is 37.1 Å². The van der Waals surface area contributed by atoms with Crippen LogP contribution in [-0.2, 0) is 16.4 Å². The van der Waals surface area contributed by atoms with Gasteiger partial charge in [0, 0.05) is 47.5 Å². The van der Waals surface area contributed by atoms with Crippen LogP contribution in [0.1, 0.15) is 41.0 Å². The molecule has 1 aliphatic rings. The number of likely N-dealkylation sites (tertiary alicyclic amines) is 1. The summed E-state index contributed by atoms with van der Waals surface area (Å²) in [6.07, 6.45) is 5.24. The highest BCUT2D eigenvalue weighted by atomic mass is 32.2. The molecule has 1 fully saturated rings. The molecule has 0 bridgehead atoms. The van der Waals surface area contributed by atoms with Gasteiger partial charge in [-0.3, -0.25) is 14.5 Å². The smallest absolute Gasteiger partial charge is 0.263 e. The Morgan fingerprint density at radius 3 is 2.71 bits per heavy atom. The van der Waals surface area contributed by atoms with Gasteiger partial charge in [0.25, 0.3) is 15.9 Å². The van der Waals surface area contributed by atoms with Crippen molar-refractivity contribution in [2.24, 2.45) is 0 Å². The first-order chi connectivity index (χ1) is 14.9. The summed E-state index contributed by atoms with van der Waals surface area (Å²) in [7, 11) is -3.74. The number of carbonyl (C=O) groups excluding carboxylic acids is 1. The van der Waals surface area contributed by atoms with Crippen molar-refractivity contribution < 1.29 is 13.2 Å². The van der Waals surface area contributed by atoms with Crippen LogP contribution in [0.5, 0.6) is 0 Å². The Kier molecular flexibility index (Phi) is 6.33. The van der Waals surface area contributed by atoms with Crippen molar-refractivity contribution in [2.45, 2.75) is 43.5 Å². The standard InChI is InChI=1S/C22H24N4O3S2/c1-16-5-4-6-18(24-16)15-19-7-2-3-13-26(19)21(27)17-8-10-20(11-9-17)31(28,29)25-22-23-12-14-30-22/h4-6,8-12,14,19H,2-3,7,13,15H2,1H3,(H,23,25). The summed E-state index contributed by atoms with van der Waals surface area (Å²) in [4.78, 5) is 23.8. The van der Waals surface area contributed by atoms with Crippen molar-refractivity contribution in [1.82, 2.24) is 14.9 Å². The lowest BCUT2D eigenvalue weighted by Gasteiger charge is -2.36. The average Bonchev–Trinajstić information content (AvgIpc) is 3.26. The van der Waals surface area contributed by atoms with Gasteiger partial charge >= 0.3 is 0 Å². The first kappa shape index (κ1) is 21.5. The Morgan fingerprint density at radius 2 is 2.00 bits per heavy atom. The lowest BCUT2D eigenvalue weighted by atomic mass is 9.96. The zero-order valence-corrected chi connectivity index (χ0v) is 18.8. The van der Waals surface area contributed by atoms with Crippen molar-refractivity contribution in [3.63, 3.8) is 0 Å². The summed E-state index contributed by atoms with van der Waals surface area (Å²) in [5.74, 6) is -0.0748. The molecule has 7 nitrogen and oxygen atoms in total. The first-order valence-corrected chi connectivity index (χ1v) is 12.5. The lowest BCUT2D eigenvalue weighted by Crippen LogP contribution is -2.45. The number of thiazole rings is 1. The van der Waals surface area contributed by atoms with E-state index in [1.807, 2.05) is 30.0 Å². The predicted octanol–water partition coefficient (Wildman–Crippen LogP) is 3.88. The number of aromatic nitrogens is 2. The van der Waals surface area contributed by atoms with E-state index in [1.165, 1.54) is 29.7 Å². The SMILES string of the molecule is Cc1cccc(CC2CCCCN2C(=O)c2ccc(S(=O)(=O)Nc3nccs3)cc2)n1. The Hall–Kier alpha value is -2.78. The molecule has 31 heavy (non-hydrogen) atoms. The highest BCUT2D eigenvalue weighted by Gasteiger charge is 2.28. The Morgan fingerprint density at radius 1 is 1.19 bits per heavy atom. The highest BCUT2D eigenvalue weighted by molar-refractivity contribution is 7.93. The molecule has 1 aromatic carbocycles. The fraction of sp³-hybridized carbons (Fsp3) is 0.318. The normalized spacial score (nSPS) is 16.8. The number of sulfonamides is 1. The van der Waals surface area contributed by atoms with Gasteiger partial charge in [-0.25, -0.2) is 13.4 Å². The van der Waals surface area contributed by atoms with Crippen LogP contribution in [0.15, 0.2) is 58.9 Å². The molecule has 0 spiro atoms. The van der Waals surface area contributed by atoms with Gasteiger partial charge < -0.3 is 4.90 Å². The van der Waals surface area contributed by atoms with Crippen LogP contribution < -0.4 is 4.72 Å². The van der Waals surface area contributed by atoms with Gasteiger partial charge in [0.15, 0.2) is 5.13 Å². The predicted molar refractivity (Wildman–Crippen MR) is 121 cm³/mol. The van der Waals surface area contributed by atoms with E-state index in [1.54, 1.807) is 17.5 Å². The van der Waals surface area contributed by atoms with Crippen LogP contribution in [0.25, 0.3) is 0 Å². The Bertz CT molecular complexity index is 1150. The monoisotopic (exact) mass is 456 g/mol. The van der Waals surface area contributed by atoms with Gasteiger partial charge in [-0.05, 0) is 62.6 Å². The number of hydrogen-bond acceptors (Lipinski definition) is 6. The molecule has 1 amide bonds. The van der Waals surface area contributed by atoms with Crippen LogP contribution in [0.4, 0.5) is 5.13 Å². The summed E-state index contributed by atoms with van der Waals surface area (Å²) in [5, 5.41) is 2.00. The second-order valence-electron chi connectivity index (χ2n) is 7.59. The molecule has 4 rings (SSSR count). The van der Waals surface area contributed by atoms with Gasteiger partial charge in [0.1, 0.15) is 0 Å².